The standard InChI is InChI=1S/C8H4BrF2N/c9-3-6-7(10)1-5(4-12)2-8(6)11/h1-2H,3H2. The van der Waals surface area contributed by atoms with Crippen LogP contribution in [0.15, 0.2) is 12.1 Å². The number of halogens is 3. The van der Waals surface area contributed by atoms with E-state index in [2.05, 4.69) is 15.9 Å². The van der Waals surface area contributed by atoms with E-state index < -0.39 is 11.6 Å². The van der Waals surface area contributed by atoms with Crippen molar-refractivity contribution >= 4 is 15.9 Å². The van der Waals surface area contributed by atoms with Crippen LogP contribution in [0.2, 0.25) is 0 Å². The van der Waals surface area contributed by atoms with Crippen LogP contribution in [-0.4, -0.2) is 0 Å². The maximum Gasteiger partial charge on any atom is 0.131 e. The summed E-state index contributed by atoms with van der Waals surface area (Å²) in [4.78, 5) is 0. The lowest BCUT2D eigenvalue weighted by atomic mass is 10.1. The second-order valence-electron chi connectivity index (χ2n) is 2.16. The van der Waals surface area contributed by atoms with Crippen molar-refractivity contribution in [1.82, 2.24) is 0 Å². The van der Waals surface area contributed by atoms with Crippen LogP contribution in [0.5, 0.6) is 0 Å². The minimum absolute atomic E-state index is 0.00491. The van der Waals surface area contributed by atoms with E-state index in [1.165, 1.54) is 0 Å². The molecule has 0 saturated carbocycles. The highest BCUT2D eigenvalue weighted by Crippen LogP contribution is 2.17. The maximum atomic E-state index is 12.9. The number of alkyl halides is 1. The van der Waals surface area contributed by atoms with E-state index in [0.29, 0.717) is 0 Å². The van der Waals surface area contributed by atoms with Gasteiger partial charge in [-0.15, -0.1) is 0 Å². The van der Waals surface area contributed by atoms with Crippen molar-refractivity contribution in [2.75, 3.05) is 0 Å². The first-order chi connectivity index (χ1) is 5.69. The average molecular weight is 232 g/mol. The summed E-state index contributed by atoms with van der Waals surface area (Å²) >= 11 is 2.94. The van der Waals surface area contributed by atoms with Gasteiger partial charge >= 0.3 is 0 Å². The summed E-state index contributed by atoms with van der Waals surface area (Å²) in [6.45, 7) is 0. The van der Waals surface area contributed by atoms with Crippen LogP contribution in [-0.2, 0) is 5.33 Å². The lowest BCUT2D eigenvalue weighted by Crippen LogP contribution is -1.93. The summed E-state index contributed by atoms with van der Waals surface area (Å²) in [5.74, 6) is -1.38. The molecule has 12 heavy (non-hydrogen) atoms. The van der Waals surface area contributed by atoms with E-state index >= 15 is 0 Å². The summed E-state index contributed by atoms with van der Waals surface area (Å²) < 4.78 is 25.8. The van der Waals surface area contributed by atoms with Crippen molar-refractivity contribution in [2.45, 2.75) is 5.33 Å². The molecule has 0 spiro atoms. The highest BCUT2D eigenvalue weighted by Gasteiger charge is 2.08. The van der Waals surface area contributed by atoms with Crippen LogP contribution in [0.3, 0.4) is 0 Å². The molecule has 4 heteroatoms. The van der Waals surface area contributed by atoms with Gasteiger partial charge in [-0.3, -0.25) is 0 Å². The van der Waals surface area contributed by atoms with Gasteiger partial charge in [-0.2, -0.15) is 5.26 Å². The first-order valence-corrected chi connectivity index (χ1v) is 4.25. The van der Waals surface area contributed by atoms with E-state index in [4.69, 9.17) is 5.26 Å². The van der Waals surface area contributed by atoms with Gasteiger partial charge < -0.3 is 0 Å². The molecule has 1 rings (SSSR count). The fraction of sp³-hybridized carbons (Fsp3) is 0.125. The Balaban J connectivity index is 3.30. The van der Waals surface area contributed by atoms with Gasteiger partial charge in [0.25, 0.3) is 0 Å². The zero-order valence-corrected chi connectivity index (χ0v) is 7.53. The minimum Gasteiger partial charge on any atom is -0.207 e. The Bertz CT molecular complexity index is 320. The van der Waals surface area contributed by atoms with Crippen molar-refractivity contribution in [1.29, 1.82) is 5.26 Å². The second kappa shape index (κ2) is 3.63. The lowest BCUT2D eigenvalue weighted by molar-refractivity contribution is 0.566. The highest BCUT2D eigenvalue weighted by molar-refractivity contribution is 9.08. The van der Waals surface area contributed by atoms with Gasteiger partial charge in [-0.05, 0) is 12.1 Å². The molecular weight excluding hydrogens is 228 g/mol. The number of nitrogens with zero attached hydrogens (tertiary/aromatic N) is 1. The molecule has 0 amide bonds. The molecule has 0 aliphatic rings. The van der Waals surface area contributed by atoms with Gasteiger partial charge in [0.15, 0.2) is 0 Å². The number of rotatable bonds is 1. The Kier molecular flexibility index (Phi) is 2.77. The molecule has 62 valence electrons. The first-order valence-electron chi connectivity index (χ1n) is 3.13. The molecule has 0 aliphatic carbocycles. The topological polar surface area (TPSA) is 23.8 Å². The summed E-state index contributed by atoms with van der Waals surface area (Å²) in [6, 6.07) is 3.69. The summed E-state index contributed by atoms with van der Waals surface area (Å²) in [5, 5.41) is 8.46. The Labute approximate surface area is 76.8 Å². The van der Waals surface area contributed by atoms with E-state index in [0.717, 1.165) is 12.1 Å². The third-order valence-corrected chi connectivity index (χ3v) is 1.96. The van der Waals surface area contributed by atoms with E-state index in [1.807, 2.05) is 0 Å². The second-order valence-corrected chi connectivity index (χ2v) is 2.72. The Morgan fingerprint density at radius 3 is 2.17 bits per heavy atom. The van der Waals surface area contributed by atoms with Gasteiger partial charge in [0.2, 0.25) is 0 Å². The molecule has 0 saturated heterocycles. The zero-order chi connectivity index (χ0) is 9.14. The van der Waals surface area contributed by atoms with Crippen LogP contribution in [0.25, 0.3) is 0 Å². The third kappa shape index (κ3) is 1.62. The zero-order valence-electron chi connectivity index (χ0n) is 5.94. The van der Waals surface area contributed by atoms with Gasteiger partial charge in [0, 0.05) is 10.9 Å². The summed E-state index contributed by atoms with van der Waals surface area (Å²) in [5.41, 5.74) is -0.0521. The van der Waals surface area contributed by atoms with Crippen LogP contribution < -0.4 is 0 Å². The number of hydrogen-bond donors (Lipinski definition) is 0. The lowest BCUT2D eigenvalue weighted by Gasteiger charge is -2.00. The Morgan fingerprint density at radius 2 is 1.83 bits per heavy atom. The molecule has 0 fully saturated rings. The SMILES string of the molecule is N#Cc1cc(F)c(CBr)c(F)c1. The first kappa shape index (κ1) is 9.14. The minimum atomic E-state index is -0.691. The van der Waals surface area contributed by atoms with Crippen molar-refractivity contribution in [3.05, 3.63) is 34.9 Å². The van der Waals surface area contributed by atoms with E-state index in [9.17, 15) is 8.78 Å². The number of benzene rings is 1. The predicted molar refractivity (Wildman–Crippen MR) is 43.7 cm³/mol. The van der Waals surface area contributed by atoms with E-state index in [1.54, 1.807) is 6.07 Å². The molecule has 0 aromatic heterocycles. The van der Waals surface area contributed by atoms with Crippen LogP contribution >= 0.6 is 15.9 Å². The number of nitriles is 1. The molecule has 1 aromatic carbocycles. The fourth-order valence-electron chi connectivity index (χ4n) is 0.795. The predicted octanol–water partition coefficient (Wildman–Crippen LogP) is 2.73. The van der Waals surface area contributed by atoms with Crippen LogP contribution in [0.1, 0.15) is 11.1 Å². The molecule has 0 unspecified atom stereocenters. The summed E-state index contributed by atoms with van der Waals surface area (Å²) in [6.07, 6.45) is 0. The molecule has 0 N–H and O–H groups in total. The van der Waals surface area contributed by atoms with Crippen LogP contribution in [0.4, 0.5) is 8.78 Å². The number of hydrogen-bond acceptors (Lipinski definition) is 1. The molecule has 1 nitrogen and oxygen atoms in total. The monoisotopic (exact) mass is 231 g/mol. The average Bonchev–Trinajstić information content (AvgIpc) is 2.03. The Morgan fingerprint density at radius 1 is 1.33 bits per heavy atom. The molecule has 0 aliphatic heterocycles. The van der Waals surface area contributed by atoms with Crippen molar-refractivity contribution < 1.29 is 8.78 Å². The molecular formula is C8H4BrF2N. The van der Waals surface area contributed by atoms with Gasteiger partial charge in [0.05, 0.1) is 11.6 Å². The molecule has 0 atom stereocenters. The molecule has 0 bridgehead atoms. The van der Waals surface area contributed by atoms with Crippen molar-refractivity contribution in [3.8, 4) is 6.07 Å². The van der Waals surface area contributed by atoms with Gasteiger partial charge in [-0.1, -0.05) is 15.9 Å². The largest absolute Gasteiger partial charge is 0.207 e. The van der Waals surface area contributed by atoms with E-state index in [-0.39, 0.29) is 16.5 Å². The smallest absolute Gasteiger partial charge is 0.131 e. The normalized spacial score (nSPS) is 9.50. The maximum absolute atomic E-state index is 12.9. The molecule has 0 heterocycles. The molecule has 0 radical (unpaired) electrons. The van der Waals surface area contributed by atoms with Crippen molar-refractivity contribution in [3.63, 3.8) is 0 Å². The molecule has 1 aromatic rings. The third-order valence-electron chi connectivity index (χ3n) is 1.40. The summed E-state index contributed by atoms with van der Waals surface area (Å²) in [7, 11) is 0. The van der Waals surface area contributed by atoms with Crippen molar-refractivity contribution in [2.24, 2.45) is 0 Å². The van der Waals surface area contributed by atoms with Crippen LogP contribution in [0, 0.1) is 23.0 Å². The Hall–Kier alpha value is -0.950. The quantitative estimate of drug-likeness (QED) is 0.683. The van der Waals surface area contributed by atoms with Gasteiger partial charge in [0.1, 0.15) is 11.6 Å². The van der Waals surface area contributed by atoms with Gasteiger partial charge in [-0.25, -0.2) is 8.78 Å². The fourth-order valence-corrected chi connectivity index (χ4v) is 1.33. The highest BCUT2D eigenvalue weighted by atomic mass is 79.9.